The summed E-state index contributed by atoms with van der Waals surface area (Å²) in [6, 6.07) is 13.4. The highest BCUT2D eigenvalue weighted by Crippen LogP contribution is 2.41. The number of rotatable bonds is 7. The van der Waals surface area contributed by atoms with Crippen molar-refractivity contribution in [1.29, 1.82) is 0 Å². The van der Waals surface area contributed by atoms with E-state index < -0.39 is 6.10 Å². The zero-order chi connectivity index (χ0) is 21.1. The molecule has 2 aromatic rings. The number of hydrogen-bond acceptors (Lipinski definition) is 2. The van der Waals surface area contributed by atoms with Gasteiger partial charge in [0.1, 0.15) is 12.4 Å². The Kier molecular flexibility index (Phi) is 6.98. The summed E-state index contributed by atoms with van der Waals surface area (Å²) < 4.78 is 5.95. The highest BCUT2D eigenvalue weighted by Gasteiger charge is 2.31. The molecule has 0 aliphatic heterocycles. The first kappa shape index (κ1) is 22.5. The Morgan fingerprint density at radius 2 is 1.36 bits per heavy atom. The van der Waals surface area contributed by atoms with E-state index in [-0.39, 0.29) is 10.8 Å². The first-order valence-electron chi connectivity index (χ1n) is 10.5. The van der Waals surface area contributed by atoms with Gasteiger partial charge >= 0.3 is 0 Å². The maximum atomic E-state index is 10.3. The van der Waals surface area contributed by atoms with E-state index >= 15 is 0 Å². The summed E-state index contributed by atoms with van der Waals surface area (Å²) in [6.07, 6.45) is 1.61. The fraction of sp³-hybridized carbons (Fsp3) is 0.538. The van der Waals surface area contributed by atoms with Crippen LogP contribution in [-0.4, -0.2) is 17.8 Å². The second kappa shape index (κ2) is 8.69. The summed E-state index contributed by atoms with van der Waals surface area (Å²) in [5.41, 5.74) is 6.34. The number of aryl methyl sites for hydroxylation is 3. The number of hydrogen-bond donors (Lipinski definition) is 1. The van der Waals surface area contributed by atoms with Crippen molar-refractivity contribution in [2.45, 2.75) is 79.8 Å². The van der Waals surface area contributed by atoms with Gasteiger partial charge in [-0.3, -0.25) is 0 Å². The van der Waals surface area contributed by atoms with E-state index in [0.29, 0.717) is 6.61 Å². The Balaban J connectivity index is 2.36. The second-order valence-electron chi connectivity index (χ2n) is 9.26. The Morgan fingerprint density at radius 1 is 0.821 bits per heavy atom. The van der Waals surface area contributed by atoms with Crippen molar-refractivity contribution in [3.63, 3.8) is 0 Å². The van der Waals surface area contributed by atoms with Crippen LogP contribution in [0.3, 0.4) is 0 Å². The third-order valence-electron chi connectivity index (χ3n) is 6.39. The lowest BCUT2D eigenvalue weighted by Gasteiger charge is -2.34. The molecule has 0 radical (unpaired) electrons. The van der Waals surface area contributed by atoms with Crippen molar-refractivity contribution in [2.75, 3.05) is 6.61 Å². The molecule has 0 fully saturated rings. The average molecular weight is 383 g/mol. The van der Waals surface area contributed by atoms with Crippen LogP contribution in [0.25, 0.3) is 0 Å². The molecule has 0 aliphatic carbocycles. The van der Waals surface area contributed by atoms with Crippen molar-refractivity contribution in [2.24, 2.45) is 5.41 Å². The molecule has 1 unspecified atom stereocenters. The molecular weight excluding hydrogens is 344 g/mol. The maximum absolute atomic E-state index is 10.3. The van der Waals surface area contributed by atoms with E-state index in [2.05, 4.69) is 71.0 Å². The second-order valence-corrected chi connectivity index (χ2v) is 9.26. The summed E-state index contributed by atoms with van der Waals surface area (Å²) in [5.74, 6) is 0.855. The van der Waals surface area contributed by atoms with Crippen LogP contribution in [0.1, 0.15) is 75.3 Å². The van der Waals surface area contributed by atoms with Crippen LogP contribution in [0, 0.1) is 26.2 Å². The summed E-state index contributed by atoms with van der Waals surface area (Å²) in [5, 5.41) is 10.3. The molecule has 2 heteroatoms. The van der Waals surface area contributed by atoms with Crippen LogP contribution in [0.2, 0.25) is 0 Å². The molecule has 2 rings (SSSR count). The van der Waals surface area contributed by atoms with Gasteiger partial charge in [0.15, 0.2) is 0 Å². The van der Waals surface area contributed by atoms with E-state index in [1.807, 2.05) is 20.8 Å². The fourth-order valence-corrected chi connectivity index (χ4v) is 3.80. The van der Waals surface area contributed by atoms with Gasteiger partial charge in [0.05, 0.1) is 6.10 Å². The van der Waals surface area contributed by atoms with Gasteiger partial charge in [0.25, 0.3) is 0 Å². The highest BCUT2D eigenvalue weighted by atomic mass is 16.5. The van der Waals surface area contributed by atoms with Gasteiger partial charge < -0.3 is 9.84 Å². The molecule has 0 bridgehead atoms. The molecule has 1 atom stereocenters. The molecule has 2 aromatic carbocycles. The molecule has 0 aromatic heterocycles. The Bertz CT molecular complexity index is 795. The van der Waals surface area contributed by atoms with E-state index in [1.165, 1.54) is 22.3 Å². The minimum absolute atomic E-state index is 0.00662. The smallest absolute Gasteiger partial charge is 0.122 e. The fourth-order valence-electron chi connectivity index (χ4n) is 3.80. The van der Waals surface area contributed by atoms with Gasteiger partial charge in [-0.25, -0.2) is 0 Å². The maximum Gasteiger partial charge on any atom is 0.122 e. The van der Waals surface area contributed by atoms with Gasteiger partial charge in [0.2, 0.25) is 0 Å². The lowest BCUT2D eigenvalue weighted by molar-refractivity contribution is 0.0216. The Hall–Kier alpha value is -1.80. The van der Waals surface area contributed by atoms with Crippen molar-refractivity contribution >= 4 is 0 Å². The zero-order valence-electron chi connectivity index (χ0n) is 19.0. The molecule has 1 N–H and O–H groups in total. The number of aliphatic hydroxyl groups excluding tert-OH is 1. The summed E-state index contributed by atoms with van der Waals surface area (Å²) in [6.45, 7) is 17.4. The van der Waals surface area contributed by atoms with Crippen LogP contribution >= 0.6 is 0 Å². The van der Waals surface area contributed by atoms with Gasteiger partial charge in [-0.2, -0.15) is 0 Å². The van der Waals surface area contributed by atoms with Crippen LogP contribution in [0.5, 0.6) is 5.75 Å². The molecule has 0 heterocycles. The lowest BCUT2D eigenvalue weighted by atomic mass is 9.70. The van der Waals surface area contributed by atoms with E-state index in [1.54, 1.807) is 0 Å². The number of benzene rings is 2. The van der Waals surface area contributed by atoms with Gasteiger partial charge in [0, 0.05) is 5.41 Å². The monoisotopic (exact) mass is 382 g/mol. The van der Waals surface area contributed by atoms with Crippen LogP contribution in [0.4, 0.5) is 0 Å². The molecule has 0 amide bonds. The van der Waals surface area contributed by atoms with E-state index in [4.69, 9.17) is 4.74 Å². The van der Waals surface area contributed by atoms with E-state index in [9.17, 15) is 5.11 Å². The zero-order valence-corrected chi connectivity index (χ0v) is 19.0. The quantitative estimate of drug-likeness (QED) is 0.592. The van der Waals surface area contributed by atoms with Crippen molar-refractivity contribution in [3.8, 4) is 5.75 Å². The first-order valence-corrected chi connectivity index (χ1v) is 10.5. The van der Waals surface area contributed by atoms with Crippen LogP contribution < -0.4 is 4.74 Å². The van der Waals surface area contributed by atoms with Crippen molar-refractivity contribution < 1.29 is 9.84 Å². The van der Waals surface area contributed by atoms with Crippen LogP contribution in [-0.2, 0) is 5.41 Å². The Morgan fingerprint density at radius 3 is 1.82 bits per heavy atom. The topological polar surface area (TPSA) is 29.5 Å². The molecule has 0 saturated heterocycles. The minimum atomic E-state index is -0.493. The summed E-state index contributed by atoms with van der Waals surface area (Å²) in [7, 11) is 0. The first-order chi connectivity index (χ1) is 13.0. The minimum Gasteiger partial charge on any atom is -0.491 e. The molecule has 28 heavy (non-hydrogen) atoms. The van der Waals surface area contributed by atoms with Crippen molar-refractivity contribution in [3.05, 3.63) is 64.2 Å². The predicted molar refractivity (Wildman–Crippen MR) is 119 cm³/mol. The third kappa shape index (κ3) is 4.60. The lowest BCUT2D eigenvalue weighted by Crippen LogP contribution is -2.32. The molecule has 0 saturated carbocycles. The molecule has 2 nitrogen and oxygen atoms in total. The standard InChI is InChI=1S/C26H38O2/c1-9-26(10-2,21-12-11-18(3)19(4)15-21)22-13-14-23(20(5)16-22)28-17-24(27)25(6,7)8/h11-16,24,27H,9-10,17H2,1-8H3. The third-order valence-corrected chi connectivity index (χ3v) is 6.39. The van der Waals surface area contributed by atoms with Gasteiger partial charge in [-0.05, 0) is 72.9 Å². The van der Waals surface area contributed by atoms with Crippen molar-refractivity contribution in [1.82, 2.24) is 0 Å². The van der Waals surface area contributed by atoms with Gasteiger partial charge in [-0.15, -0.1) is 0 Å². The SMILES string of the molecule is CCC(CC)(c1ccc(C)c(C)c1)c1ccc(OCC(O)C(C)(C)C)c(C)c1. The average Bonchev–Trinajstić information content (AvgIpc) is 2.64. The summed E-state index contributed by atoms with van der Waals surface area (Å²) >= 11 is 0. The predicted octanol–water partition coefficient (Wildman–Crippen LogP) is 6.50. The molecular formula is C26H38O2. The largest absolute Gasteiger partial charge is 0.491 e. The number of ether oxygens (including phenoxy) is 1. The number of aliphatic hydroxyl groups is 1. The van der Waals surface area contributed by atoms with Gasteiger partial charge in [-0.1, -0.05) is 65.0 Å². The summed E-state index contributed by atoms with van der Waals surface area (Å²) in [4.78, 5) is 0. The molecule has 0 spiro atoms. The van der Waals surface area contributed by atoms with Crippen LogP contribution in [0.15, 0.2) is 36.4 Å². The highest BCUT2D eigenvalue weighted by molar-refractivity contribution is 5.46. The normalized spacial score (nSPS) is 13.5. The van der Waals surface area contributed by atoms with E-state index in [0.717, 1.165) is 24.2 Å². The molecule has 154 valence electrons. The Labute approximate surface area is 172 Å². The molecule has 0 aliphatic rings.